The zero-order chi connectivity index (χ0) is 22.2. The van der Waals surface area contributed by atoms with Crippen molar-refractivity contribution in [3.05, 3.63) is 54.0 Å². The van der Waals surface area contributed by atoms with Crippen molar-refractivity contribution in [3.63, 3.8) is 0 Å². The van der Waals surface area contributed by atoms with Gasteiger partial charge in [0.05, 0.1) is 52.4 Å². The van der Waals surface area contributed by atoms with E-state index in [0.29, 0.717) is 35.2 Å². The molecule has 0 aliphatic rings. The number of anilines is 1. The minimum atomic E-state index is -0.337. The molecule has 10 heteroatoms. The molecule has 0 saturated heterocycles. The molecule has 0 aliphatic heterocycles. The minimum Gasteiger partial charge on any atom is -0.493 e. The molecule has 31 heavy (non-hydrogen) atoms. The van der Waals surface area contributed by atoms with Gasteiger partial charge in [-0.25, -0.2) is 4.98 Å². The molecule has 3 aromatic rings. The lowest BCUT2D eigenvalue weighted by Gasteiger charge is -2.12. The van der Waals surface area contributed by atoms with Crippen LogP contribution in [0.3, 0.4) is 0 Å². The van der Waals surface area contributed by atoms with E-state index in [1.54, 1.807) is 37.4 Å². The monoisotopic (exact) mass is 425 g/mol. The highest BCUT2D eigenvalue weighted by atomic mass is 16.5. The van der Waals surface area contributed by atoms with E-state index in [9.17, 15) is 4.79 Å². The van der Waals surface area contributed by atoms with Crippen LogP contribution in [0.1, 0.15) is 11.1 Å². The fraction of sp³-hybridized carbons (Fsp3) is 0.238. The van der Waals surface area contributed by atoms with Gasteiger partial charge < -0.3 is 24.3 Å². The fourth-order valence-corrected chi connectivity index (χ4v) is 2.85. The molecular weight excluding hydrogens is 402 g/mol. The maximum absolute atomic E-state index is 12.3. The van der Waals surface area contributed by atoms with Gasteiger partial charge in [0, 0.05) is 24.0 Å². The van der Waals surface area contributed by atoms with Crippen LogP contribution in [0.5, 0.6) is 23.4 Å². The first-order valence-electron chi connectivity index (χ1n) is 9.24. The molecule has 0 unspecified atom stereocenters. The summed E-state index contributed by atoms with van der Waals surface area (Å²) in [5, 5.41) is 7.05. The summed E-state index contributed by atoms with van der Waals surface area (Å²) in [5.41, 5.74) is 1.99. The number of carbonyl (C=O) groups is 1. The van der Waals surface area contributed by atoms with Crippen molar-refractivity contribution in [2.75, 3.05) is 33.8 Å². The van der Waals surface area contributed by atoms with Gasteiger partial charge in [-0.2, -0.15) is 10.1 Å². The number of nitrogens with one attached hydrogen (secondary N) is 1. The van der Waals surface area contributed by atoms with Crippen molar-refractivity contribution in [1.82, 2.24) is 19.7 Å². The van der Waals surface area contributed by atoms with Gasteiger partial charge in [-0.3, -0.25) is 9.48 Å². The molecule has 10 nitrogen and oxygen atoms in total. The van der Waals surface area contributed by atoms with Crippen molar-refractivity contribution in [2.45, 2.75) is 6.54 Å². The molecule has 2 heterocycles. The predicted molar refractivity (Wildman–Crippen MR) is 114 cm³/mol. The molecule has 1 aromatic carbocycles. The van der Waals surface area contributed by atoms with Crippen LogP contribution in [-0.4, -0.2) is 54.1 Å². The van der Waals surface area contributed by atoms with Gasteiger partial charge in [0.15, 0.2) is 11.5 Å². The molecule has 1 N–H and O–H groups in total. The molecule has 0 aliphatic carbocycles. The average molecular weight is 425 g/mol. The number of benzene rings is 1. The molecule has 0 radical (unpaired) electrons. The lowest BCUT2D eigenvalue weighted by molar-refractivity contribution is -0.111. The van der Waals surface area contributed by atoms with Gasteiger partial charge >= 0.3 is 6.01 Å². The summed E-state index contributed by atoms with van der Waals surface area (Å²) < 4.78 is 22.6. The van der Waals surface area contributed by atoms with E-state index in [0.717, 1.165) is 5.56 Å². The Kier molecular flexibility index (Phi) is 7.05. The van der Waals surface area contributed by atoms with Gasteiger partial charge in [-0.05, 0) is 12.1 Å². The highest BCUT2D eigenvalue weighted by Gasteiger charge is 2.11. The Morgan fingerprint density at radius 2 is 1.94 bits per heavy atom. The van der Waals surface area contributed by atoms with E-state index in [4.69, 9.17) is 18.9 Å². The minimum absolute atomic E-state index is 0.179. The number of aromatic nitrogens is 4. The van der Waals surface area contributed by atoms with Crippen molar-refractivity contribution in [3.8, 4) is 23.4 Å². The van der Waals surface area contributed by atoms with Crippen LogP contribution in [0.2, 0.25) is 0 Å². The van der Waals surface area contributed by atoms with Crippen LogP contribution < -0.4 is 24.3 Å². The van der Waals surface area contributed by atoms with Crippen LogP contribution in [-0.2, 0) is 11.3 Å². The number of ether oxygens (including phenoxy) is 4. The summed E-state index contributed by atoms with van der Waals surface area (Å²) in [6, 6.07) is 5.81. The Morgan fingerprint density at radius 3 is 2.65 bits per heavy atom. The molecule has 0 spiro atoms. The smallest absolute Gasteiger partial charge is 0.319 e. The van der Waals surface area contributed by atoms with Crippen molar-refractivity contribution < 1.29 is 23.7 Å². The Bertz CT molecular complexity index is 1080. The van der Waals surface area contributed by atoms with E-state index in [-0.39, 0.29) is 11.9 Å². The first-order valence-corrected chi connectivity index (χ1v) is 9.24. The predicted octanol–water partition coefficient (Wildman–Crippen LogP) is 2.41. The van der Waals surface area contributed by atoms with E-state index in [1.807, 2.05) is 18.2 Å². The number of amides is 1. The number of hydrogen-bond donors (Lipinski definition) is 1. The molecular formula is C21H23N5O5. The Labute approximate surface area is 179 Å². The fourth-order valence-electron chi connectivity index (χ4n) is 2.85. The number of rotatable bonds is 9. The maximum Gasteiger partial charge on any atom is 0.319 e. The van der Waals surface area contributed by atoms with E-state index >= 15 is 0 Å². The zero-order valence-corrected chi connectivity index (χ0v) is 17.7. The first kappa shape index (κ1) is 21.6. The van der Waals surface area contributed by atoms with Gasteiger partial charge in [0.2, 0.25) is 11.8 Å². The van der Waals surface area contributed by atoms with Gasteiger partial charge in [0.25, 0.3) is 0 Å². The SMILES string of the molecule is COc1ncc(C=CC(=O)Nc2cnn(Cc3cccc(OC)c3OC)c2)c(OC)n1. The zero-order valence-electron chi connectivity index (χ0n) is 17.7. The molecule has 0 atom stereocenters. The van der Waals surface area contributed by atoms with E-state index < -0.39 is 0 Å². The molecule has 3 rings (SSSR count). The first-order chi connectivity index (χ1) is 15.1. The summed E-state index contributed by atoms with van der Waals surface area (Å²) >= 11 is 0. The van der Waals surface area contributed by atoms with Gasteiger partial charge in [-0.15, -0.1) is 0 Å². The third-order valence-electron chi connectivity index (χ3n) is 4.27. The summed E-state index contributed by atoms with van der Waals surface area (Å²) in [6.45, 7) is 0.451. The number of carbonyl (C=O) groups excluding carboxylic acids is 1. The van der Waals surface area contributed by atoms with Crippen molar-refractivity contribution >= 4 is 17.7 Å². The van der Waals surface area contributed by atoms with Crippen LogP contribution in [0.4, 0.5) is 5.69 Å². The highest BCUT2D eigenvalue weighted by Crippen LogP contribution is 2.31. The summed E-state index contributed by atoms with van der Waals surface area (Å²) in [5.74, 6) is 1.25. The second-order valence-electron chi connectivity index (χ2n) is 6.22. The average Bonchev–Trinajstić information content (AvgIpc) is 3.23. The van der Waals surface area contributed by atoms with Crippen LogP contribution in [0.25, 0.3) is 6.08 Å². The van der Waals surface area contributed by atoms with Gasteiger partial charge in [0.1, 0.15) is 0 Å². The number of hydrogen-bond acceptors (Lipinski definition) is 8. The quantitative estimate of drug-likeness (QED) is 0.521. The molecule has 162 valence electrons. The van der Waals surface area contributed by atoms with E-state index in [1.165, 1.54) is 26.5 Å². The highest BCUT2D eigenvalue weighted by molar-refractivity contribution is 6.01. The topological polar surface area (TPSA) is 110 Å². The number of methoxy groups -OCH3 is 4. The summed E-state index contributed by atoms with van der Waals surface area (Å²) in [6.07, 6.45) is 7.71. The second-order valence-corrected chi connectivity index (χ2v) is 6.22. The van der Waals surface area contributed by atoms with Crippen LogP contribution in [0.15, 0.2) is 42.9 Å². The lowest BCUT2D eigenvalue weighted by atomic mass is 10.2. The van der Waals surface area contributed by atoms with Crippen molar-refractivity contribution in [1.29, 1.82) is 0 Å². The van der Waals surface area contributed by atoms with Crippen LogP contribution >= 0.6 is 0 Å². The second kappa shape index (κ2) is 10.1. The number of para-hydroxylation sites is 1. The largest absolute Gasteiger partial charge is 0.493 e. The Balaban J connectivity index is 1.66. The standard InChI is InChI=1S/C21H23N5O5/c1-28-17-7-5-6-15(19(17)29-2)12-26-13-16(11-23-26)24-18(27)9-8-14-10-22-21(31-4)25-20(14)30-3/h5-11,13H,12H2,1-4H3,(H,24,27). The molecule has 2 aromatic heterocycles. The third kappa shape index (κ3) is 5.30. The van der Waals surface area contributed by atoms with Crippen LogP contribution in [0, 0.1) is 0 Å². The number of nitrogens with zero attached hydrogens (tertiary/aromatic N) is 4. The summed E-state index contributed by atoms with van der Waals surface area (Å²) in [7, 11) is 6.11. The Morgan fingerprint density at radius 1 is 1.10 bits per heavy atom. The normalized spacial score (nSPS) is 10.7. The lowest BCUT2D eigenvalue weighted by Crippen LogP contribution is -2.07. The molecule has 0 fully saturated rings. The van der Waals surface area contributed by atoms with E-state index in [2.05, 4.69) is 20.4 Å². The Hall–Kier alpha value is -4.08. The summed E-state index contributed by atoms with van der Waals surface area (Å²) in [4.78, 5) is 20.4. The van der Waals surface area contributed by atoms with Gasteiger partial charge in [-0.1, -0.05) is 12.1 Å². The molecule has 1 amide bonds. The molecule has 0 saturated carbocycles. The molecule has 0 bridgehead atoms. The van der Waals surface area contributed by atoms with Crippen molar-refractivity contribution in [2.24, 2.45) is 0 Å². The third-order valence-corrected chi connectivity index (χ3v) is 4.27. The maximum atomic E-state index is 12.3.